The third kappa shape index (κ3) is 2.18. The highest BCUT2D eigenvalue weighted by Crippen LogP contribution is 2.29. The van der Waals surface area contributed by atoms with Gasteiger partial charge in [0.1, 0.15) is 0 Å². The van der Waals surface area contributed by atoms with Crippen LogP contribution in [0, 0.1) is 13.8 Å². The Bertz CT molecular complexity index is 493. The quantitative estimate of drug-likeness (QED) is 0.829. The number of anilines is 1. The molecule has 4 heteroatoms. The van der Waals surface area contributed by atoms with Gasteiger partial charge in [0.15, 0.2) is 5.13 Å². The van der Waals surface area contributed by atoms with Crippen molar-refractivity contribution >= 4 is 26.7 Å². The van der Waals surface area contributed by atoms with Gasteiger partial charge in [-0.1, -0.05) is 17.4 Å². The number of nitrogens with zero attached hydrogens (tertiary/aromatic N) is 1. The lowest BCUT2D eigenvalue weighted by Crippen LogP contribution is -2.06. The molecule has 1 N–H and O–H groups in total. The van der Waals surface area contributed by atoms with Crippen molar-refractivity contribution in [3.8, 4) is 0 Å². The van der Waals surface area contributed by atoms with Crippen molar-refractivity contribution in [3.05, 3.63) is 23.3 Å². The van der Waals surface area contributed by atoms with Crippen LogP contribution in [0.25, 0.3) is 10.2 Å². The number of thiazole rings is 1. The van der Waals surface area contributed by atoms with E-state index in [4.69, 9.17) is 4.74 Å². The van der Waals surface area contributed by atoms with E-state index in [-0.39, 0.29) is 0 Å². The topological polar surface area (TPSA) is 34.1 Å². The zero-order valence-corrected chi connectivity index (χ0v) is 10.6. The van der Waals surface area contributed by atoms with Crippen LogP contribution in [-0.4, -0.2) is 25.2 Å². The van der Waals surface area contributed by atoms with Crippen molar-refractivity contribution in [2.45, 2.75) is 13.8 Å². The third-order valence-corrected chi connectivity index (χ3v) is 3.65. The van der Waals surface area contributed by atoms with E-state index >= 15 is 0 Å². The predicted molar refractivity (Wildman–Crippen MR) is 69.5 cm³/mol. The Hall–Kier alpha value is -1.13. The third-order valence-electron chi connectivity index (χ3n) is 2.67. The van der Waals surface area contributed by atoms with Crippen LogP contribution in [-0.2, 0) is 4.74 Å². The van der Waals surface area contributed by atoms with Gasteiger partial charge in [0, 0.05) is 13.7 Å². The Morgan fingerprint density at radius 2 is 2.19 bits per heavy atom. The Balaban J connectivity index is 2.26. The van der Waals surface area contributed by atoms with Gasteiger partial charge in [-0.05, 0) is 31.0 Å². The minimum Gasteiger partial charge on any atom is -0.383 e. The molecule has 2 rings (SSSR count). The smallest absolute Gasteiger partial charge is 0.183 e. The van der Waals surface area contributed by atoms with E-state index in [1.807, 2.05) is 0 Å². The molecular formula is C12H16N2OS. The van der Waals surface area contributed by atoms with Crippen molar-refractivity contribution in [2.24, 2.45) is 0 Å². The van der Waals surface area contributed by atoms with E-state index in [1.54, 1.807) is 18.4 Å². The van der Waals surface area contributed by atoms with Crippen molar-refractivity contribution in [1.82, 2.24) is 4.98 Å². The van der Waals surface area contributed by atoms with Crippen LogP contribution in [0.15, 0.2) is 12.1 Å². The highest BCUT2D eigenvalue weighted by atomic mass is 32.1. The number of methoxy groups -OCH3 is 1. The first kappa shape index (κ1) is 11.4. The van der Waals surface area contributed by atoms with E-state index in [2.05, 4.69) is 36.3 Å². The summed E-state index contributed by atoms with van der Waals surface area (Å²) in [5, 5.41) is 4.24. The predicted octanol–water partition coefficient (Wildman–Crippen LogP) is 2.97. The number of fused-ring (bicyclic) bond motifs is 1. The first-order valence-corrected chi connectivity index (χ1v) is 6.13. The molecule has 0 spiro atoms. The van der Waals surface area contributed by atoms with E-state index in [0.29, 0.717) is 6.61 Å². The average Bonchev–Trinajstić information content (AvgIpc) is 2.68. The molecule has 0 unspecified atom stereocenters. The number of benzene rings is 1. The summed E-state index contributed by atoms with van der Waals surface area (Å²) in [6, 6.07) is 4.28. The van der Waals surface area contributed by atoms with Gasteiger partial charge in [-0.3, -0.25) is 0 Å². The van der Waals surface area contributed by atoms with E-state index in [1.165, 1.54) is 15.8 Å². The molecule has 0 radical (unpaired) electrons. The summed E-state index contributed by atoms with van der Waals surface area (Å²) in [7, 11) is 1.70. The molecule has 3 nitrogen and oxygen atoms in total. The molecule has 86 valence electrons. The maximum absolute atomic E-state index is 4.99. The second-order valence-electron chi connectivity index (χ2n) is 3.79. The fourth-order valence-corrected chi connectivity index (χ4v) is 2.51. The highest BCUT2D eigenvalue weighted by molar-refractivity contribution is 7.22. The molecule has 1 heterocycles. The molecule has 0 saturated heterocycles. The fourth-order valence-electron chi connectivity index (χ4n) is 1.56. The highest BCUT2D eigenvalue weighted by Gasteiger charge is 2.06. The van der Waals surface area contributed by atoms with Crippen LogP contribution in [0.1, 0.15) is 11.1 Å². The Morgan fingerprint density at radius 3 is 2.94 bits per heavy atom. The van der Waals surface area contributed by atoms with Gasteiger partial charge in [-0.2, -0.15) is 0 Å². The molecule has 1 aromatic carbocycles. The zero-order valence-electron chi connectivity index (χ0n) is 9.83. The van der Waals surface area contributed by atoms with E-state index in [9.17, 15) is 0 Å². The summed E-state index contributed by atoms with van der Waals surface area (Å²) in [6.45, 7) is 5.74. The van der Waals surface area contributed by atoms with Crippen LogP contribution < -0.4 is 5.32 Å². The van der Waals surface area contributed by atoms with Crippen LogP contribution in [0.4, 0.5) is 5.13 Å². The lowest BCUT2D eigenvalue weighted by molar-refractivity contribution is 0.211. The van der Waals surface area contributed by atoms with Crippen LogP contribution in [0.2, 0.25) is 0 Å². The first-order chi connectivity index (χ1) is 7.72. The lowest BCUT2D eigenvalue weighted by Gasteiger charge is -1.99. The molecule has 0 bridgehead atoms. The van der Waals surface area contributed by atoms with Crippen molar-refractivity contribution in [1.29, 1.82) is 0 Å². The molecule has 2 aromatic rings. The number of nitrogens with one attached hydrogen (secondary N) is 1. The number of aryl methyl sites for hydroxylation is 2. The molecule has 0 fully saturated rings. The largest absolute Gasteiger partial charge is 0.383 e. The second kappa shape index (κ2) is 4.80. The average molecular weight is 236 g/mol. The number of hydrogen-bond acceptors (Lipinski definition) is 4. The summed E-state index contributed by atoms with van der Waals surface area (Å²) in [5.74, 6) is 0. The van der Waals surface area contributed by atoms with Crippen LogP contribution in [0.3, 0.4) is 0 Å². The molecule has 0 aliphatic rings. The molecule has 0 saturated carbocycles. The summed E-state index contributed by atoms with van der Waals surface area (Å²) in [4.78, 5) is 4.60. The van der Waals surface area contributed by atoms with Crippen molar-refractivity contribution in [3.63, 3.8) is 0 Å². The second-order valence-corrected chi connectivity index (χ2v) is 4.82. The number of rotatable bonds is 4. The van der Waals surface area contributed by atoms with Gasteiger partial charge in [0.2, 0.25) is 0 Å². The fraction of sp³-hybridized carbons (Fsp3) is 0.417. The van der Waals surface area contributed by atoms with E-state index in [0.717, 1.165) is 17.2 Å². The SMILES string of the molecule is COCCNc1nc2c(C)c(C)ccc2s1. The summed E-state index contributed by atoms with van der Waals surface area (Å²) >= 11 is 1.69. The van der Waals surface area contributed by atoms with Gasteiger partial charge in [-0.15, -0.1) is 0 Å². The Morgan fingerprint density at radius 1 is 1.38 bits per heavy atom. The molecule has 16 heavy (non-hydrogen) atoms. The molecule has 0 aliphatic heterocycles. The Labute approximate surface area is 99.5 Å². The molecule has 0 atom stereocenters. The first-order valence-electron chi connectivity index (χ1n) is 5.32. The standard InChI is InChI=1S/C12H16N2OS/c1-8-4-5-10-11(9(8)2)14-12(16-10)13-6-7-15-3/h4-5H,6-7H2,1-3H3,(H,13,14). The monoisotopic (exact) mass is 236 g/mol. The molecule has 1 aromatic heterocycles. The lowest BCUT2D eigenvalue weighted by atomic mass is 10.1. The number of aromatic nitrogens is 1. The van der Waals surface area contributed by atoms with Gasteiger partial charge in [0.05, 0.1) is 16.8 Å². The summed E-state index contributed by atoms with van der Waals surface area (Å²) in [5.41, 5.74) is 3.68. The minimum absolute atomic E-state index is 0.702. The van der Waals surface area contributed by atoms with E-state index < -0.39 is 0 Å². The minimum atomic E-state index is 0.702. The van der Waals surface area contributed by atoms with Crippen molar-refractivity contribution in [2.75, 3.05) is 25.6 Å². The van der Waals surface area contributed by atoms with Gasteiger partial charge < -0.3 is 10.1 Å². The molecular weight excluding hydrogens is 220 g/mol. The van der Waals surface area contributed by atoms with Gasteiger partial charge >= 0.3 is 0 Å². The van der Waals surface area contributed by atoms with Crippen LogP contribution >= 0.6 is 11.3 Å². The summed E-state index contributed by atoms with van der Waals surface area (Å²) in [6.07, 6.45) is 0. The summed E-state index contributed by atoms with van der Waals surface area (Å²) < 4.78 is 6.23. The van der Waals surface area contributed by atoms with Gasteiger partial charge in [0.25, 0.3) is 0 Å². The van der Waals surface area contributed by atoms with Crippen LogP contribution in [0.5, 0.6) is 0 Å². The maximum atomic E-state index is 4.99. The maximum Gasteiger partial charge on any atom is 0.183 e. The number of ether oxygens (including phenoxy) is 1. The molecule has 0 aliphatic carbocycles. The zero-order chi connectivity index (χ0) is 11.5. The normalized spacial score (nSPS) is 10.9. The van der Waals surface area contributed by atoms with Gasteiger partial charge in [-0.25, -0.2) is 4.98 Å². The van der Waals surface area contributed by atoms with Crippen molar-refractivity contribution < 1.29 is 4.74 Å². The Kier molecular flexibility index (Phi) is 3.41. The number of hydrogen-bond donors (Lipinski definition) is 1. The molecule has 0 amide bonds.